The number of guanidine groups is 1. The summed E-state index contributed by atoms with van der Waals surface area (Å²) >= 11 is 6.10. The van der Waals surface area contributed by atoms with E-state index in [4.69, 9.17) is 11.6 Å². The van der Waals surface area contributed by atoms with Crippen molar-refractivity contribution in [3.8, 4) is 0 Å². The number of anilines is 1. The van der Waals surface area contributed by atoms with E-state index in [2.05, 4.69) is 20.0 Å². The van der Waals surface area contributed by atoms with Crippen molar-refractivity contribution in [2.45, 2.75) is 24.3 Å². The lowest BCUT2D eigenvalue weighted by Crippen LogP contribution is -2.41. The topological polar surface area (TPSA) is 83.4 Å². The van der Waals surface area contributed by atoms with Crippen LogP contribution in [0.1, 0.15) is 29.7 Å². The summed E-state index contributed by atoms with van der Waals surface area (Å²) in [6.45, 7) is 1.92. The van der Waals surface area contributed by atoms with Gasteiger partial charge in [0.2, 0.25) is 5.96 Å². The molecule has 6 nitrogen and oxygen atoms in total. The summed E-state index contributed by atoms with van der Waals surface area (Å²) in [7, 11) is -3.84. The summed E-state index contributed by atoms with van der Waals surface area (Å²) in [5.74, 6) is -0.677. The molecule has 0 saturated heterocycles. The van der Waals surface area contributed by atoms with Crippen LogP contribution in [0.4, 0.5) is 10.1 Å². The molecule has 0 fully saturated rings. The molecule has 0 radical (unpaired) electrons. The number of nitrogens with zero attached hydrogens (tertiary/aromatic N) is 2. The zero-order chi connectivity index (χ0) is 21.3. The summed E-state index contributed by atoms with van der Waals surface area (Å²) in [4.78, 5) is 8.53. The number of hydrogen-bond acceptors (Lipinski definition) is 4. The van der Waals surface area contributed by atoms with Crippen LogP contribution in [-0.2, 0) is 16.6 Å². The third kappa shape index (κ3) is 3.88. The van der Waals surface area contributed by atoms with Crippen molar-refractivity contribution in [2.75, 3.05) is 5.32 Å². The minimum atomic E-state index is -3.84. The van der Waals surface area contributed by atoms with Crippen LogP contribution < -0.4 is 10.0 Å². The molecule has 0 unspecified atom stereocenters. The molecule has 1 aliphatic heterocycles. The molecule has 30 heavy (non-hydrogen) atoms. The third-order valence-corrected chi connectivity index (χ3v) is 6.61. The Bertz CT molecular complexity index is 1250. The van der Waals surface area contributed by atoms with Crippen LogP contribution in [0.15, 0.2) is 70.7 Å². The molecule has 4 rings (SSSR count). The van der Waals surface area contributed by atoms with E-state index in [-0.39, 0.29) is 29.1 Å². The van der Waals surface area contributed by atoms with Crippen LogP contribution >= 0.6 is 11.6 Å². The number of aromatic nitrogens is 1. The molecule has 1 aliphatic rings. The number of halogens is 2. The molecule has 2 heterocycles. The standard InChI is InChI=1S/C21H18ClFN4O2S/c1-13(14-6-2-3-9-17(14)23)15-7-4-10-19-20(15)26-21(27-30(19,28)29)25-12-18-16(22)8-5-11-24-18/h2-11,13H,12H2,1H3,(H2,25,26,27)/t13-/m0/s1. The number of hydrogen-bond donors (Lipinski definition) is 2. The molecule has 1 atom stereocenters. The molecule has 9 heteroatoms. The number of pyridine rings is 1. The van der Waals surface area contributed by atoms with Crippen LogP contribution in [0.3, 0.4) is 0 Å². The Labute approximate surface area is 178 Å². The van der Waals surface area contributed by atoms with Crippen LogP contribution in [0.2, 0.25) is 5.02 Å². The molecule has 0 saturated carbocycles. The molecule has 2 aromatic carbocycles. The fourth-order valence-corrected chi connectivity index (χ4v) is 4.70. The van der Waals surface area contributed by atoms with Crippen LogP contribution in [0.5, 0.6) is 0 Å². The van der Waals surface area contributed by atoms with E-state index >= 15 is 0 Å². The van der Waals surface area contributed by atoms with Crippen molar-refractivity contribution in [3.05, 3.63) is 88.5 Å². The molecule has 1 aromatic heterocycles. The molecule has 3 aromatic rings. The number of benzene rings is 2. The summed E-state index contributed by atoms with van der Waals surface area (Å²) in [5, 5.41) is 3.49. The average molecular weight is 445 g/mol. The second kappa shape index (κ2) is 8.04. The van der Waals surface area contributed by atoms with Gasteiger partial charge in [-0.15, -0.1) is 0 Å². The maximum absolute atomic E-state index is 14.3. The lowest BCUT2D eigenvalue weighted by Gasteiger charge is -2.26. The smallest absolute Gasteiger partial charge is 0.266 e. The molecular formula is C21H18ClFN4O2S. The predicted molar refractivity (Wildman–Crippen MR) is 115 cm³/mol. The van der Waals surface area contributed by atoms with Crippen molar-refractivity contribution in [1.82, 2.24) is 9.71 Å². The predicted octanol–water partition coefficient (Wildman–Crippen LogP) is 4.29. The van der Waals surface area contributed by atoms with Gasteiger partial charge in [-0.2, -0.15) is 0 Å². The molecule has 0 amide bonds. The van der Waals surface area contributed by atoms with E-state index in [1.165, 1.54) is 12.1 Å². The summed E-state index contributed by atoms with van der Waals surface area (Å²) in [5.41, 5.74) is 2.01. The van der Waals surface area contributed by atoms with Crippen LogP contribution in [-0.4, -0.2) is 19.4 Å². The number of fused-ring (bicyclic) bond motifs is 1. The largest absolute Gasteiger partial charge is 0.324 e. The zero-order valence-electron chi connectivity index (χ0n) is 15.9. The third-order valence-electron chi connectivity index (χ3n) is 4.88. The lowest BCUT2D eigenvalue weighted by molar-refractivity contribution is 0.591. The molecule has 154 valence electrons. The monoisotopic (exact) mass is 444 g/mol. The molecule has 0 aliphatic carbocycles. The Morgan fingerprint density at radius 1 is 1.10 bits per heavy atom. The minimum Gasteiger partial charge on any atom is -0.324 e. The lowest BCUT2D eigenvalue weighted by atomic mass is 9.91. The van der Waals surface area contributed by atoms with E-state index < -0.39 is 10.0 Å². The second-order valence-corrected chi connectivity index (χ2v) is 8.85. The number of rotatable bonds is 4. The average Bonchev–Trinajstić information content (AvgIpc) is 2.72. The van der Waals surface area contributed by atoms with Gasteiger partial charge in [0.1, 0.15) is 10.7 Å². The maximum Gasteiger partial charge on any atom is 0.266 e. The summed E-state index contributed by atoms with van der Waals surface area (Å²) < 4.78 is 42.3. The van der Waals surface area contributed by atoms with Crippen molar-refractivity contribution in [3.63, 3.8) is 0 Å². The van der Waals surface area contributed by atoms with Crippen molar-refractivity contribution >= 4 is 33.3 Å². The first-order chi connectivity index (χ1) is 14.4. The molecular weight excluding hydrogens is 427 g/mol. The first-order valence-corrected chi connectivity index (χ1v) is 11.0. The van der Waals surface area contributed by atoms with Gasteiger partial charge in [-0.1, -0.05) is 48.9 Å². The Hall–Kier alpha value is -2.97. The number of sulfonamides is 1. The maximum atomic E-state index is 14.3. The highest BCUT2D eigenvalue weighted by atomic mass is 35.5. The molecule has 2 N–H and O–H groups in total. The number of nitrogens with one attached hydrogen (secondary N) is 2. The fourth-order valence-electron chi connectivity index (χ4n) is 3.35. The first-order valence-electron chi connectivity index (χ1n) is 9.18. The van der Waals surface area contributed by atoms with Gasteiger partial charge in [-0.05, 0) is 35.4 Å². The van der Waals surface area contributed by atoms with Crippen LogP contribution in [0.25, 0.3) is 0 Å². The number of aliphatic imine (C=N–C) groups is 1. The van der Waals surface area contributed by atoms with E-state index in [0.29, 0.717) is 27.5 Å². The van der Waals surface area contributed by atoms with Gasteiger partial charge in [0, 0.05) is 12.1 Å². The van der Waals surface area contributed by atoms with E-state index in [9.17, 15) is 12.8 Å². The first kappa shape index (κ1) is 20.3. The Balaban J connectivity index is 1.74. The normalized spacial score (nSPS) is 17.0. The fraction of sp³-hybridized carbons (Fsp3) is 0.143. The highest BCUT2D eigenvalue weighted by molar-refractivity contribution is 7.90. The van der Waals surface area contributed by atoms with Crippen molar-refractivity contribution < 1.29 is 12.8 Å². The van der Waals surface area contributed by atoms with Crippen molar-refractivity contribution in [1.29, 1.82) is 0 Å². The minimum absolute atomic E-state index is 0.0532. The highest BCUT2D eigenvalue weighted by Gasteiger charge is 2.30. The Morgan fingerprint density at radius 2 is 1.87 bits per heavy atom. The molecule has 0 spiro atoms. The molecule has 0 bridgehead atoms. The van der Waals surface area contributed by atoms with E-state index in [0.717, 1.165) is 0 Å². The summed E-state index contributed by atoms with van der Waals surface area (Å²) in [6.07, 6.45) is 1.59. The van der Waals surface area contributed by atoms with E-state index in [1.807, 2.05) is 6.92 Å². The van der Waals surface area contributed by atoms with Crippen molar-refractivity contribution in [2.24, 2.45) is 4.99 Å². The van der Waals surface area contributed by atoms with Gasteiger partial charge in [0.15, 0.2) is 0 Å². The summed E-state index contributed by atoms with van der Waals surface area (Å²) in [6, 6.07) is 14.7. The van der Waals surface area contributed by atoms with Gasteiger partial charge < -0.3 is 5.32 Å². The SMILES string of the molecule is C[C@@H](c1ccccc1F)c1cccc2c1NC(=NCc1ncccc1Cl)NS2(=O)=O. The van der Waals surface area contributed by atoms with Gasteiger partial charge in [-0.25, -0.2) is 22.5 Å². The Morgan fingerprint density at radius 3 is 2.63 bits per heavy atom. The number of para-hydroxylation sites is 1. The van der Waals surface area contributed by atoms with E-state index in [1.54, 1.807) is 48.7 Å². The van der Waals surface area contributed by atoms with Crippen LogP contribution in [0, 0.1) is 5.82 Å². The quantitative estimate of drug-likeness (QED) is 0.629. The van der Waals surface area contributed by atoms with Gasteiger partial charge in [0.25, 0.3) is 10.0 Å². The van der Waals surface area contributed by atoms with Gasteiger partial charge in [0.05, 0.1) is 22.9 Å². The zero-order valence-corrected chi connectivity index (χ0v) is 17.5. The Kier molecular flexibility index (Phi) is 5.44. The van der Waals surface area contributed by atoms with Gasteiger partial charge in [-0.3, -0.25) is 4.98 Å². The highest BCUT2D eigenvalue weighted by Crippen LogP contribution is 2.36. The van der Waals surface area contributed by atoms with Gasteiger partial charge >= 0.3 is 0 Å². The second-order valence-electron chi connectivity index (χ2n) is 6.79.